The smallest absolute Gasteiger partial charge is 0.151 e. The summed E-state index contributed by atoms with van der Waals surface area (Å²) in [5.41, 5.74) is 0.597. The standard InChI is InChI=1S/C10H15N3O2/c1-8-7-15-5-4-13(8)10-3-2-9(6-14)11-12-10/h2-3,8,14H,4-7H2,1H3. The van der Waals surface area contributed by atoms with E-state index in [-0.39, 0.29) is 6.61 Å². The van der Waals surface area contributed by atoms with Crippen molar-refractivity contribution in [3.8, 4) is 0 Å². The van der Waals surface area contributed by atoms with E-state index in [1.807, 2.05) is 6.07 Å². The van der Waals surface area contributed by atoms with Crippen LogP contribution in [-0.2, 0) is 11.3 Å². The molecule has 1 atom stereocenters. The van der Waals surface area contributed by atoms with Crippen molar-refractivity contribution in [2.24, 2.45) is 0 Å². The van der Waals surface area contributed by atoms with Crippen LogP contribution in [0.15, 0.2) is 12.1 Å². The molecule has 1 aromatic heterocycles. The van der Waals surface area contributed by atoms with Crippen LogP contribution in [0.3, 0.4) is 0 Å². The van der Waals surface area contributed by atoms with Crippen molar-refractivity contribution in [1.29, 1.82) is 0 Å². The lowest BCUT2D eigenvalue weighted by atomic mass is 10.2. The van der Waals surface area contributed by atoms with Crippen LogP contribution in [-0.4, -0.2) is 41.1 Å². The summed E-state index contributed by atoms with van der Waals surface area (Å²) < 4.78 is 5.35. The Labute approximate surface area is 88.7 Å². The van der Waals surface area contributed by atoms with Crippen molar-refractivity contribution in [2.45, 2.75) is 19.6 Å². The molecule has 5 nitrogen and oxygen atoms in total. The second-order valence-electron chi connectivity index (χ2n) is 3.66. The molecule has 5 heteroatoms. The van der Waals surface area contributed by atoms with Gasteiger partial charge in [0, 0.05) is 6.54 Å². The van der Waals surface area contributed by atoms with Crippen LogP contribution in [0.1, 0.15) is 12.6 Å². The van der Waals surface area contributed by atoms with Gasteiger partial charge >= 0.3 is 0 Å². The Morgan fingerprint density at radius 3 is 3.00 bits per heavy atom. The Morgan fingerprint density at radius 1 is 1.53 bits per heavy atom. The molecule has 0 radical (unpaired) electrons. The molecule has 82 valence electrons. The summed E-state index contributed by atoms with van der Waals surface area (Å²) in [6, 6.07) is 4.01. The second-order valence-corrected chi connectivity index (χ2v) is 3.66. The summed E-state index contributed by atoms with van der Waals surface area (Å²) in [7, 11) is 0. The highest BCUT2D eigenvalue weighted by Crippen LogP contribution is 2.15. The van der Waals surface area contributed by atoms with Gasteiger partial charge in [0.2, 0.25) is 0 Å². The second kappa shape index (κ2) is 4.55. The minimum absolute atomic E-state index is 0.0635. The van der Waals surface area contributed by atoms with Gasteiger partial charge < -0.3 is 14.7 Å². The van der Waals surface area contributed by atoms with E-state index in [1.54, 1.807) is 6.07 Å². The molecule has 1 unspecified atom stereocenters. The number of anilines is 1. The molecule has 1 aromatic rings. The number of nitrogens with zero attached hydrogens (tertiary/aromatic N) is 3. The lowest BCUT2D eigenvalue weighted by Crippen LogP contribution is -2.44. The number of hydrogen-bond acceptors (Lipinski definition) is 5. The molecule has 0 aliphatic carbocycles. The molecule has 0 amide bonds. The van der Waals surface area contributed by atoms with Gasteiger partial charge in [0.05, 0.1) is 31.6 Å². The Kier molecular flexibility index (Phi) is 3.13. The van der Waals surface area contributed by atoms with Crippen LogP contribution in [0.5, 0.6) is 0 Å². The monoisotopic (exact) mass is 209 g/mol. The molecule has 15 heavy (non-hydrogen) atoms. The fraction of sp³-hybridized carbons (Fsp3) is 0.600. The van der Waals surface area contributed by atoms with Gasteiger partial charge in [-0.1, -0.05) is 0 Å². The maximum Gasteiger partial charge on any atom is 0.151 e. The number of morpholine rings is 1. The highest BCUT2D eigenvalue weighted by Gasteiger charge is 2.20. The minimum Gasteiger partial charge on any atom is -0.390 e. The number of hydrogen-bond donors (Lipinski definition) is 1. The van der Waals surface area contributed by atoms with Crippen LogP contribution in [0.25, 0.3) is 0 Å². The van der Waals surface area contributed by atoms with Gasteiger partial charge in [-0.2, -0.15) is 5.10 Å². The third kappa shape index (κ3) is 2.24. The van der Waals surface area contributed by atoms with Gasteiger partial charge in [-0.3, -0.25) is 0 Å². The molecule has 1 fully saturated rings. The Bertz CT molecular complexity index is 315. The van der Waals surface area contributed by atoms with E-state index in [9.17, 15) is 0 Å². The molecule has 0 spiro atoms. The van der Waals surface area contributed by atoms with Crippen LogP contribution in [0.4, 0.5) is 5.82 Å². The summed E-state index contributed by atoms with van der Waals surface area (Å²) in [5, 5.41) is 16.9. The first kappa shape index (κ1) is 10.3. The van der Waals surface area contributed by atoms with E-state index < -0.39 is 0 Å². The SMILES string of the molecule is CC1COCCN1c1ccc(CO)nn1. The Morgan fingerprint density at radius 2 is 2.40 bits per heavy atom. The van der Waals surface area contributed by atoms with Crippen molar-refractivity contribution < 1.29 is 9.84 Å². The normalized spacial score (nSPS) is 21.7. The molecule has 2 rings (SSSR count). The molecule has 0 bridgehead atoms. The summed E-state index contributed by atoms with van der Waals surface area (Å²) in [6.45, 7) is 4.33. The summed E-state index contributed by atoms with van der Waals surface area (Å²) in [5.74, 6) is 0.850. The predicted molar refractivity (Wildman–Crippen MR) is 55.6 cm³/mol. The Hall–Kier alpha value is -1.20. The first-order valence-corrected chi connectivity index (χ1v) is 5.09. The molecule has 1 aliphatic rings. The van der Waals surface area contributed by atoms with Gasteiger partial charge in [-0.15, -0.1) is 5.10 Å². The molecule has 1 aliphatic heterocycles. The largest absolute Gasteiger partial charge is 0.390 e. The third-order valence-corrected chi connectivity index (χ3v) is 2.53. The maximum atomic E-state index is 8.85. The van der Waals surface area contributed by atoms with Crippen molar-refractivity contribution in [1.82, 2.24) is 10.2 Å². The topological polar surface area (TPSA) is 58.5 Å². The maximum absolute atomic E-state index is 8.85. The van der Waals surface area contributed by atoms with Gasteiger partial charge in [0.25, 0.3) is 0 Å². The van der Waals surface area contributed by atoms with Crippen molar-refractivity contribution >= 4 is 5.82 Å². The summed E-state index contributed by atoms with van der Waals surface area (Å²) >= 11 is 0. The van der Waals surface area contributed by atoms with Gasteiger partial charge in [-0.05, 0) is 19.1 Å². The van der Waals surface area contributed by atoms with E-state index in [4.69, 9.17) is 9.84 Å². The minimum atomic E-state index is -0.0635. The zero-order valence-electron chi connectivity index (χ0n) is 8.76. The number of aliphatic hydroxyl groups excluding tert-OH is 1. The molecular weight excluding hydrogens is 194 g/mol. The molecule has 2 heterocycles. The van der Waals surface area contributed by atoms with E-state index in [1.165, 1.54) is 0 Å². The zero-order valence-corrected chi connectivity index (χ0v) is 8.76. The predicted octanol–water partition coefficient (Wildman–Crippen LogP) is 0.194. The average Bonchev–Trinajstić information content (AvgIpc) is 2.30. The number of aliphatic hydroxyl groups is 1. The van der Waals surface area contributed by atoms with Crippen molar-refractivity contribution in [2.75, 3.05) is 24.7 Å². The van der Waals surface area contributed by atoms with Crippen LogP contribution >= 0.6 is 0 Å². The van der Waals surface area contributed by atoms with E-state index >= 15 is 0 Å². The van der Waals surface area contributed by atoms with E-state index in [2.05, 4.69) is 22.0 Å². The van der Waals surface area contributed by atoms with Crippen LogP contribution < -0.4 is 4.90 Å². The first-order valence-electron chi connectivity index (χ1n) is 5.09. The third-order valence-electron chi connectivity index (χ3n) is 2.53. The molecule has 1 N–H and O–H groups in total. The fourth-order valence-electron chi connectivity index (χ4n) is 1.66. The zero-order chi connectivity index (χ0) is 10.7. The number of rotatable bonds is 2. The highest BCUT2D eigenvalue weighted by molar-refractivity contribution is 5.39. The molecule has 0 aromatic carbocycles. The fourth-order valence-corrected chi connectivity index (χ4v) is 1.66. The van der Waals surface area contributed by atoms with Gasteiger partial charge in [0.1, 0.15) is 0 Å². The lowest BCUT2D eigenvalue weighted by molar-refractivity contribution is 0.0984. The van der Waals surface area contributed by atoms with E-state index in [0.717, 1.165) is 25.6 Å². The number of aromatic nitrogens is 2. The van der Waals surface area contributed by atoms with E-state index in [0.29, 0.717) is 11.7 Å². The summed E-state index contributed by atoms with van der Waals surface area (Å²) in [6.07, 6.45) is 0. The Balaban J connectivity index is 2.13. The van der Waals surface area contributed by atoms with Crippen molar-refractivity contribution in [3.63, 3.8) is 0 Å². The summed E-state index contributed by atoms with van der Waals surface area (Å²) in [4.78, 5) is 2.16. The van der Waals surface area contributed by atoms with Gasteiger partial charge in [-0.25, -0.2) is 0 Å². The molecule has 1 saturated heterocycles. The van der Waals surface area contributed by atoms with Crippen LogP contribution in [0.2, 0.25) is 0 Å². The average molecular weight is 209 g/mol. The van der Waals surface area contributed by atoms with Crippen molar-refractivity contribution in [3.05, 3.63) is 17.8 Å². The first-order chi connectivity index (χ1) is 7.31. The number of ether oxygens (including phenoxy) is 1. The van der Waals surface area contributed by atoms with Gasteiger partial charge in [0.15, 0.2) is 5.82 Å². The van der Waals surface area contributed by atoms with Crippen LogP contribution in [0, 0.1) is 0 Å². The quantitative estimate of drug-likeness (QED) is 0.753. The molecular formula is C10H15N3O2. The molecule has 0 saturated carbocycles. The highest BCUT2D eigenvalue weighted by atomic mass is 16.5. The lowest BCUT2D eigenvalue weighted by Gasteiger charge is -2.33.